The fourth-order valence-electron chi connectivity index (χ4n) is 3.30. The zero-order valence-corrected chi connectivity index (χ0v) is 17.8. The lowest BCUT2D eigenvalue weighted by Gasteiger charge is -2.22. The standard InChI is InChI=1S/C24H42O/c1-7-24(5,6)16-11-8-9-13-20-17-21(19-22(25)18-20)14-10-12-15-23(2,3)4/h17-19,25H,7-16H2,1-6H3. The number of rotatable bonds is 11. The van der Waals surface area contributed by atoms with Gasteiger partial charge in [0.2, 0.25) is 0 Å². The lowest BCUT2D eigenvalue weighted by atomic mass is 9.84. The summed E-state index contributed by atoms with van der Waals surface area (Å²) in [6.45, 7) is 13.9. The molecule has 1 nitrogen and oxygen atoms in total. The van der Waals surface area contributed by atoms with Gasteiger partial charge in [0.05, 0.1) is 0 Å². The molecule has 0 atom stereocenters. The van der Waals surface area contributed by atoms with E-state index in [-0.39, 0.29) is 0 Å². The van der Waals surface area contributed by atoms with Gasteiger partial charge in [-0.15, -0.1) is 0 Å². The van der Waals surface area contributed by atoms with E-state index in [1.54, 1.807) is 0 Å². The van der Waals surface area contributed by atoms with Crippen molar-refractivity contribution in [3.63, 3.8) is 0 Å². The van der Waals surface area contributed by atoms with Crippen LogP contribution in [0.5, 0.6) is 5.75 Å². The van der Waals surface area contributed by atoms with E-state index in [2.05, 4.69) is 47.6 Å². The van der Waals surface area contributed by atoms with Gasteiger partial charge in [-0.2, -0.15) is 0 Å². The Morgan fingerprint density at radius 1 is 0.720 bits per heavy atom. The van der Waals surface area contributed by atoms with Gasteiger partial charge in [0.1, 0.15) is 5.75 Å². The maximum atomic E-state index is 10.0. The summed E-state index contributed by atoms with van der Waals surface area (Å²) in [5.41, 5.74) is 3.53. The van der Waals surface area contributed by atoms with E-state index < -0.39 is 0 Å². The summed E-state index contributed by atoms with van der Waals surface area (Å²) in [7, 11) is 0. The highest BCUT2D eigenvalue weighted by Gasteiger charge is 2.13. The molecule has 0 heterocycles. The smallest absolute Gasteiger partial charge is 0.116 e. The number of phenols is 1. The number of aryl methyl sites for hydroxylation is 2. The van der Waals surface area contributed by atoms with E-state index in [9.17, 15) is 5.11 Å². The van der Waals surface area contributed by atoms with Crippen LogP contribution in [0.3, 0.4) is 0 Å². The Balaban J connectivity index is 2.36. The van der Waals surface area contributed by atoms with Crippen LogP contribution in [0, 0.1) is 10.8 Å². The normalized spacial score (nSPS) is 12.6. The molecule has 25 heavy (non-hydrogen) atoms. The minimum absolute atomic E-state index is 0.427. The molecule has 0 aromatic heterocycles. The van der Waals surface area contributed by atoms with E-state index >= 15 is 0 Å². The van der Waals surface area contributed by atoms with Crippen molar-refractivity contribution in [2.24, 2.45) is 10.8 Å². The average molecular weight is 347 g/mol. The zero-order chi connectivity index (χ0) is 18.9. The molecule has 1 aromatic carbocycles. The molecule has 0 saturated carbocycles. The Labute approximate surface area is 157 Å². The van der Waals surface area contributed by atoms with Crippen LogP contribution in [0.15, 0.2) is 18.2 Å². The van der Waals surface area contributed by atoms with Gasteiger partial charge in [0, 0.05) is 0 Å². The number of aromatic hydroxyl groups is 1. The molecule has 0 fully saturated rings. The molecule has 0 aliphatic heterocycles. The summed E-state index contributed by atoms with van der Waals surface area (Å²) in [4.78, 5) is 0. The second kappa shape index (κ2) is 10.2. The molecule has 1 N–H and O–H groups in total. The molecule has 1 aromatic rings. The quantitative estimate of drug-likeness (QED) is 0.407. The van der Waals surface area contributed by atoms with Crippen LogP contribution in [-0.4, -0.2) is 5.11 Å². The van der Waals surface area contributed by atoms with Gasteiger partial charge in [-0.25, -0.2) is 0 Å². The highest BCUT2D eigenvalue weighted by Crippen LogP contribution is 2.28. The molecule has 0 radical (unpaired) electrons. The third kappa shape index (κ3) is 10.6. The minimum atomic E-state index is 0.427. The fraction of sp³-hybridized carbons (Fsp3) is 0.750. The molecule has 0 aliphatic carbocycles. The number of hydrogen-bond donors (Lipinski definition) is 1. The predicted molar refractivity (Wildman–Crippen MR) is 111 cm³/mol. The van der Waals surface area contributed by atoms with Crippen LogP contribution < -0.4 is 0 Å². The topological polar surface area (TPSA) is 20.2 Å². The van der Waals surface area contributed by atoms with E-state index in [1.807, 2.05) is 12.1 Å². The Morgan fingerprint density at radius 2 is 1.24 bits per heavy atom. The van der Waals surface area contributed by atoms with Crippen molar-refractivity contribution in [3.8, 4) is 5.75 Å². The SMILES string of the molecule is CCC(C)(C)CCCCCc1cc(O)cc(CCCCC(C)(C)C)c1. The summed E-state index contributed by atoms with van der Waals surface area (Å²) in [6, 6.07) is 6.21. The van der Waals surface area contributed by atoms with Crippen molar-refractivity contribution in [1.29, 1.82) is 0 Å². The molecule has 144 valence electrons. The summed E-state index contributed by atoms with van der Waals surface area (Å²) < 4.78 is 0. The largest absolute Gasteiger partial charge is 0.508 e. The van der Waals surface area contributed by atoms with Gasteiger partial charge in [-0.3, -0.25) is 0 Å². The molecule has 1 heteroatoms. The van der Waals surface area contributed by atoms with Crippen molar-refractivity contribution in [2.75, 3.05) is 0 Å². The lowest BCUT2D eigenvalue weighted by molar-refractivity contribution is 0.308. The zero-order valence-electron chi connectivity index (χ0n) is 17.8. The Kier molecular flexibility index (Phi) is 9.03. The second-order valence-electron chi connectivity index (χ2n) is 9.85. The van der Waals surface area contributed by atoms with Gasteiger partial charge in [0.15, 0.2) is 0 Å². The maximum absolute atomic E-state index is 10.0. The highest BCUT2D eigenvalue weighted by molar-refractivity contribution is 5.33. The van der Waals surface area contributed by atoms with Gasteiger partial charge in [-0.05, 0) is 72.6 Å². The maximum Gasteiger partial charge on any atom is 0.116 e. The van der Waals surface area contributed by atoms with Crippen molar-refractivity contribution < 1.29 is 5.11 Å². The summed E-state index contributed by atoms with van der Waals surface area (Å²) in [6.07, 6.45) is 12.4. The third-order valence-corrected chi connectivity index (χ3v) is 5.46. The first-order valence-corrected chi connectivity index (χ1v) is 10.4. The van der Waals surface area contributed by atoms with E-state index in [0.29, 0.717) is 16.6 Å². The summed E-state index contributed by atoms with van der Waals surface area (Å²) >= 11 is 0. The molecular formula is C24H42O. The van der Waals surface area contributed by atoms with Crippen LogP contribution in [0.4, 0.5) is 0 Å². The lowest BCUT2D eigenvalue weighted by Crippen LogP contribution is -2.08. The summed E-state index contributed by atoms with van der Waals surface area (Å²) in [5, 5.41) is 10.0. The van der Waals surface area contributed by atoms with Crippen LogP contribution in [0.2, 0.25) is 0 Å². The van der Waals surface area contributed by atoms with E-state index in [4.69, 9.17) is 0 Å². The van der Waals surface area contributed by atoms with Crippen molar-refractivity contribution >= 4 is 0 Å². The number of hydrogen-bond acceptors (Lipinski definition) is 1. The first-order chi connectivity index (χ1) is 11.6. The Hall–Kier alpha value is -0.980. The summed E-state index contributed by atoms with van der Waals surface area (Å²) in [5.74, 6) is 0.440. The number of benzene rings is 1. The van der Waals surface area contributed by atoms with E-state index in [0.717, 1.165) is 12.8 Å². The molecule has 0 bridgehead atoms. The van der Waals surface area contributed by atoms with Crippen LogP contribution >= 0.6 is 0 Å². The monoisotopic (exact) mass is 346 g/mol. The fourth-order valence-corrected chi connectivity index (χ4v) is 3.30. The van der Waals surface area contributed by atoms with Crippen LogP contribution in [0.1, 0.15) is 104 Å². The third-order valence-electron chi connectivity index (χ3n) is 5.46. The Bertz CT molecular complexity index is 493. The van der Waals surface area contributed by atoms with Crippen molar-refractivity contribution in [2.45, 2.75) is 106 Å². The molecular weight excluding hydrogens is 304 g/mol. The van der Waals surface area contributed by atoms with Crippen LogP contribution in [0.25, 0.3) is 0 Å². The first kappa shape index (κ1) is 22.1. The molecule has 0 aliphatic rings. The highest BCUT2D eigenvalue weighted by atomic mass is 16.3. The van der Waals surface area contributed by atoms with E-state index in [1.165, 1.54) is 62.5 Å². The molecule has 0 unspecified atom stereocenters. The van der Waals surface area contributed by atoms with Gasteiger partial charge < -0.3 is 5.11 Å². The Morgan fingerprint density at radius 3 is 1.76 bits per heavy atom. The van der Waals surface area contributed by atoms with Gasteiger partial charge in [0.25, 0.3) is 0 Å². The van der Waals surface area contributed by atoms with Gasteiger partial charge in [-0.1, -0.05) is 73.3 Å². The van der Waals surface area contributed by atoms with Gasteiger partial charge >= 0.3 is 0 Å². The number of phenolic OH excluding ortho intramolecular Hbond substituents is 1. The molecule has 1 rings (SSSR count). The average Bonchev–Trinajstić information content (AvgIpc) is 2.50. The van der Waals surface area contributed by atoms with Crippen molar-refractivity contribution in [3.05, 3.63) is 29.3 Å². The minimum Gasteiger partial charge on any atom is -0.508 e. The first-order valence-electron chi connectivity index (χ1n) is 10.4. The van der Waals surface area contributed by atoms with Crippen LogP contribution in [-0.2, 0) is 12.8 Å². The molecule has 0 spiro atoms. The number of unbranched alkanes of at least 4 members (excludes halogenated alkanes) is 3. The second-order valence-corrected chi connectivity index (χ2v) is 9.85. The molecule has 0 saturated heterocycles. The van der Waals surface area contributed by atoms with Crippen molar-refractivity contribution in [1.82, 2.24) is 0 Å². The predicted octanol–water partition coefficient (Wildman–Crippen LogP) is 7.69. The molecule has 0 amide bonds.